The first-order valence-electron chi connectivity index (χ1n) is 11.0. The number of carbonyl (C=O) groups excluding carboxylic acids is 1. The number of aromatic hydroxyl groups is 1. The van der Waals surface area contributed by atoms with Gasteiger partial charge in [-0.3, -0.25) is 4.79 Å². The van der Waals surface area contributed by atoms with Crippen molar-refractivity contribution >= 4 is 11.9 Å². The van der Waals surface area contributed by atoms with Crippen LogP contribution in [0.25, 0.3) is 0 Å². The Bertz CT molecular complexity index is 1080. The minimum atomic E-state index is -4.53. The number of phenolic OH excluding ortho intramolecular Hbond substituents is 1. The van der Waals surface area contributed by atoms with E-state index in [2.05, 4.69) is 26.1 Å². The van der Waals surface area contributed by atoms with Gasteiger partial charge in [0.1, 0.15) is 6.04 Å². The summed E-state index contributed by atoms with van der Waals surface area (Å²) in [6, 6.07) is 6.17. The standard InChI is InChI=1S/C24H29F4N5O3/c1-23(2,3)13-30-22(32-21(35)14-5-8-16(9-6-14)24(26,27)28)31-20(29-4)12-18(33-36)15-7-10-19(34)17(25)11-15/h5-11,18,20,29,34H,12-13H2,1-4H3,(H2,30,31,32,35). The molecular weight excluding hydrogens is 482 g/mol. The molecule has 2 aromatic rings. The number of guanidine groups is 1. The molecular formula is C24H29F4N5O3. The van der Waals surface area contributed by atoms with Gasteiger partial charge in [0.2, 0.25) is 5.96 Å². The van der Waals surface area contributed by atoms with E-state index in [0.717, 1.165) is 36.4 Å². The number of carbonyl (C=O) groups is 1. The number of alkyl halides is 3. The van der Waals surface area contributed by atoms with Gasteiger partial charge in [0.15, 0.2) is 11.6 Å². The van der Waals surface area contributed by atoms with Crippen molar-refractivity contribution in [3.63, 3.8) is 0 Å². The average Bonchev–Trinajstić information content (AvgIpc) is 2.80. The maximum atomic E-state index is 13.8. The van der Waals surface area contributed by atoms with E-state index in [1.165, 1.54) is 6.07 Å². The van der Waals surface area contributed by atoms with Crippen LogP contribution < -0.4 is 16.0 Å². The lowest BCUT2D eigenvalue weighted by Gasteiger charge is -2.25. The van der Waals surface area contributed by atoms with Gasteiger partial charge in [-0.05, 0) is 54.4 Å². The van der Waals surface area contributed by atoms with Crippen molar-refractivity contribution in [2.24, 2.45) is 15.6 Å². The van der Waals surface area contributed by atoms with Crippen molar-refractivity contribution in [1.29, 1.82) is 0 Å². The highest BCUT2D eigenvalue weighted by Crippen LogP contribution is 2.29. The SMILES string of the molecule is CNC(CC(N=O)c1ccc(O)c(F)c1)N/C(=N\C(=O)c1ccc(C(F)(F)F)cc1)NCC(C)(C)C. The largest absolute Gasteiger partial charge is 0.505 e. The van der Waals surface area contributed by atoms with Crippen LogP contribution >= 0.6 is 0 Å². The summed E-state index contributed by atoms with van der Waals surface area (Å²) in [7, 11) is 1.58. The van der Waals surface area contributed by atoms with Crippen molar-refractivity contribution in [2.75, 3.05) is 13.6 Å². The molecule has 2 unspecified atom stereocenters. The zero-order valence-corrected chi connectivity index (χ0v) is 20.3. The molecule has 2 atom stereocenters. The molecule has 0 aromatic heterocycles. The lowest BCUT2D eigenvalue weighted by molar-refractivity contribution is -0.137. The van der Waals surface area contributed by atoms with E-state index in [4.69, 9.17) is 0 Å². The third kappa shape index (κ3) is 8.59. The second kappa shape index (κ2) is 11.9. The van der Waals surface area contributed by atoms with Gasteiger partial charge < -0.3 is 21.1 Å². The van der Waals surface area contributed by atoms with E-state index in [0.29, 0.717) is 6.54 Å². The summed E-state index contributed by atoms with van der Waals surface area (Å²) >= 11 is 0. The molecule has 8 nitrogen and oxygen atoms in total. The van der Waals surface area contributed by atoms with E-state index in [-0.39, 0.29) is 28.9 Å². The molecule has 2 rings (SSSR count). The molecule has 0 saturated heterocycles. The van der Waals surface area contributed by atoms with E-state index in [1.54, 1.807) is 7.05 Å². The second-order valence-electron chi connectivity index (χ2n) is 9.31. The summed E-state index contributed by atoms with van der Waals surface area (Å²) in [5.74, 6) is -2.22. The molecule has 1 amide bonds. The molecule has 0 aliphatic rings. The Morgan fingerprint density at radius 3 is 2.22 bits per heavy atom. The fraction of sp³-hybridized carbons (Fsp3) is 0.417. The maximum absolute atomic E-state index is 13.8. The third-order valence-corrected chi connectivity index (χ3v) is 5.06. The molecule has 0 heterocycles. The lowest BCUT2D eigenvalue weighted by atomic mass is 9.97. The van der Waals surface area contributed by atoms with Gasteiger partial charge in [-0.25, -0.2) is 4.39 Å². The maximum Gasteiger partial charge on any atom is 0.416 e. The van der Waals surface area contributed by atoms with Crippen molar-refractivity contribution < 1.29 is 27.5 Å². The number of nitrogens with zero attached hydrogens (tertiary/aromatic N) is 2. The van der Waals surface area contributed by atoms with E-state index in [1.807, 2.05) is 20.8 Å². The van der Waals surface area contributed by atoms with Gasteiger partial charge in [-0.1, -0.05) is 32.0 Å². The number of hydrogen-bond acceptors (Lipinski definition) is 5. The number of hydrogen-bond donors (Lipinski definition) is 4. The molecule has 0 bridgehead atoms. The topological polar surface area (TPSA) is 115 Å². The van der Waals surface area contributed by atoms with Crippen LogP contribution in [0.5, 0.6) is 5.75 Å². The van der Waals surface area contributed by atoms with Crippen LogP contribution in [0.1, 0.15) is 54.7 Å². The highest BCUT2D eigenvalue weighted by atomic mass is 19.4. The zero-order chi connectivity index (χ0) is 27.1. The van der Waals surface area contributed by atoms with Crippen molar-refractivity contribution in [2.45, 2.75) is 45.6 Å². The molecule has 196 valence electrons. The number of benzene rings is 2. The van der Waals surface area contributed by atoms with E-state index >= 15 is 0 Å². The highest BCUT2D eigenvalue weighted by molar-refractivity contribution is 6.02. The Morgan fingerprint density at radius 2 is 1.72 bits per heavy atom. The van der Waals surface area contributed by atoms with Crippen molar-refractivity contribution in [3.8, 4) is 5.75 Å². The molecule has 12 heteroatoms. The van der Waals surface area contributed by atoms with Gasteiger partial charge in [-0.2, -0.15) is 23.1 Å². The fourth-order valence-corrected chi connectivity index (χ4v) is 3.05. The summed E-state index contributed by atoms with van der Waals surface area (Å²) in [6.07, 6.45) is -5.18. The predicted molar refractivity (Wildman–Crippen MR) is 128 cm³/mol. The van der Waals surface area contributed by atoms with Gasteiger partial charge in [0.05, 0.1) is 11.7 Å². The third-order valence-electron chi connectivity index (χ3n) is 5.06. The first kappa shape index (κ1) is 28.7. The average molecular weight is 512 g/mol. The summed E-state index contributed by atoms with van der Waals surface area (Å²) in [5, 5.41) is 21.3. The van der Waals surface area contributed by atoms with Gasteiger partial charge in [0, 0.05) is 18.5 Å². The van der Waals surface area contributed by atoms with Crippen LogP contribution in [0.4, 0.5) is 17.6 Å². The molecule has 4 N–H and O–H groups in total. The van der Waals surface area contributed by atoms with Gasteiger partial charge in [0.25, 0.3) is 5.91 Å². The summed E-state index contributed by atoms with van der Waals surface area (Å²) in [4.78, 5) is 28.2. The monoisotopic (exact) mass is 511 g/mol. The number of nitrogens with one attached hydrogen (secondary N) is 3. The van der Waals surface area contributed by atoms with Crippen molar-refractivity contribution in [1.82, 2.24) is 16.0 Å². The van der Waals surface area contributed by atoms with Crippen LogP contribution in [0, 0.1) is 16.1 Å². The summed E-state index contributed by atoms with van der Waals surface area (Å²) in [5.41, 5.74) is -0.913. The first-order valence-corrected chi connectivity index (χ1v) is 11.0. The number of rotatable bonds is 8. The Balaban J connectivity index is 2.26. The molecule has 0 aliphatic heterocycles. The van der Waals surface area contributed by atoms with Crippen LogP contribution in [-0.4, -0.2) is 36.7 Å². The van der Waals surface area contributed by atoms with Crippen LogP contribution in [0.15, 0.2) is 52.6 Å². The van der Waals surface area contributed by atoms with Crippen molar-refractivity contribution in [3.05, 3.63) is 69.9 Å². The second-order valence-corrected chi connectivity index (χ2v) is 9.31. The lowest BCUT2D eigenvalue weighted by Crippen LogP contribution is -2.51. The number of phenols is 1. The van der Waals surface area contributed by atoms with E-state index < -0.39 is 41.4 Å². The van der Waals surface area contributed by atoms with Crippen LogP contribution in [-0.2, 0) is 6.18 Å². The van der Waals surface area contributed by atoms with Crippen LogP contribution in [0.3, 0.4) is 0 Å². The minimum Gasteiger partial charge on any atom is -0.505 e. The summed E-state index contributed by atoms with van der Waals surface area (Å²) < 4.78 is 52.2. The normalized spacial score (nSPS) is 14.2. The first-order chi connectivity index (χ1) is 16.7. The number of aliphatic imine (C=N–C) groups is 1. The van der Waals surface area contributed by atoms with Gasteiger partial charge in [-0.15, -0.1) is 0 Å². The predicted octanol–water partition coefficient (Wildman–Crippen LogP) is 4.71. The summed E-state index contributed by atoms with van der Waals surface area (Å²) in [6.45, 7) is 6.21. The molecule has 2 aromatic carbocycles. The van der Waals surface area contributed by atoms with Crippen LogP contribution in [0.2, 0.25) is 0 Å². The molecule has 0 aliphatic carbocycles. The highest BCUT2D eigenvalue weighted by Gasteiger charge is 2.30. The number of halogens is 4. The smallest absolute Gasteiger partial charge is 0.416 e. The number of nitroso groups, excluding NO2 is 1. The van der Waals surface area contributed by atoms with Gasteiger partial charge >= 0.3 is 6.18 Å². The Morgan fingerprint density at radius 1 is 1.08 bits per heavy atom. The number of amides is 1. The van der Waals surface area contributed by atoms with E-state index in [9.17, 15) is 32.4 Å². The molecule has 0 saturated carbocycles. The molecule has 0 fully saturated rings. The molecule has 0 spiro atoms. The minimum absolute atomic E-state index is 0.0227. The quantitative estimate of drug-likeness (QED) is 0.134. The Hall–Kier alpha value is -3.54. The fourth-order valence-electron chi connectivity index (χ4n) is 3.05. The Kier molecular flexibility index (Phi) is 9.51. The molecule has 36 heavy (non-hydrogen) atoms. The Labute approximate surface area is 206 Å². The molecule has 0 radical (unpaired) electrons. The zero-order valence-electron chi connectivity index (χ0n) is 20.3.